The highest BCUT2D eigenvalue weighted by molar-refractivity contribution is 7.18. The van der Waals surface area contributed by atoms with Gasteiger partial charge in [0, 0.05) is 23.7 Å². The first-order chi connectivity index (χ1) is 12.1. The van der Waals surface area contributed by atoms with Crippen LogP contribution in [0.1, 0.15) is 49.7 Å². The number of benzene rings is 1. The fourth-order valence-electron chi connectivity index (χ4n) is 2.77. The van der Waals surface area contributed by atoms with Crippen LogP contribution in [-0.2, 0) is 0 Å². The molecule has 1 fully saturated rings. The fraction of sp³-hybridized carbons (Fsp3) is 0.421. The number of thiazole rings is 1. The van der Waals surface area contributed by atoms with Crippen molar-refractivity contribution in [2.45, 2.75) is 52.0 Å². The standard InChI is InChI=1S/C19H23N5S/c1-4-11(2)20-19-23-15(13-5-6-13)10-18(24-19)22-14-7-8-17-16(9-14)21-12(3)25-17/h7-11,13H,4-6H2,1-3H3,(H2,20,22,23,24)/t11-/m0/s1. The van der Waals surface area contributed by atoms with E-state index in [0.717, 1.165) is 34.1 Å². The maximum Gasteiger partial charge on any atom is 0.225 e. The van der Waals surface area contributed by atoms with E-state index in [4.69, 9.17) is 4.98 Å². The van der Waals surface area contributed by atoms with Gasteiger partial charge in [-0.25, -0.2) is 9.97 Å². The zero-order valence-electron chi connectivity index (χ0n) is 14.8. The molecular weight excluding hydrogens is 330 g/mol. The van der Waals surface area contributed by atoms with E-state index in [1.807, 2.05) is 6.92 Å². The van der Waals surface area contributed by atoms with Gasteiger partial charge in [-0.3, -0.25) is 0 Å². The van der Waals surface area contributed by atoms with Crippen LogP contribution in [-0.4, -0.2) is 21.0 Å². The van der Waals surface area contributed by atoms with Crippen molar-refractivity contribution in [3.8, 4) is 0 Å². The summed E-state index contributed by atoms with van der Waals surface area (Å²) in [5.41, 5.74) is 3.17. The average molecular weight is 353 g/mol. The van der Waals surface area contributed by atoms with Gasteiger partial charge >= 0.3 is 0 Å². The van der Waals surface area contributed by atoms with Gasteiger partial charge in [0.2, 0.25) is 5.95 Å². The third-order valence-corrected chi connectivity index (χ3v) is 5.45. The van der Waals surface area contributed by atoms with Crippen LogP contribution in [0.2, 0.25) is 0 Å². The molecule has 2 aromatic heterocycles. The molecule has 0 spiro atoms. The molecule has 1 saturated carbocycles. The van der Waals surface area contributed by atoms with Crippen LogP contribution in [0.15, 0.2) is 24.3 Å². The van der Waals surface area contributed by atoms with Gasteiger partial charge < -0.3 is 10.6 Å². The van der Waals surface area contributed by atoms with Crippen LogP contribution in [0.5, 0.6) is 0 Å². The van der Waals surface area contributed by atoms with Gasteiger partial charge in [0.1, 0.15) is 5.82 Å². The lowest BCUT2D eigenvalue weighted by Crippen LogP contribution is -2.16. The quantitative estimate of drug-likeness (QED) is 0.635. The van der Waals surface area contributed by atoms with Crippen LogP contribution < -0.4 is 10.6 Å². The Hall–Kier alpha value is -2.21. The maximum atomic E-state index is 4.71. The number of aryl methyl sites for hydroxylation is 1. The zero-order valence-corrected chi connectivity index (χ0v) is 15.7. The Balaban J connectivity index is 1.63. The molecule has 5 nitrogen and oxygen atoms in total. The molecule has 1 aliphatic carbocycles. The average Bonchev–Trinajstić information content (AvgIpc) is 3.36. The molecule has 2 heterocycles. The number of hydrogen-bond acceptors (Lipinski definition) is 6. The highest BCUT2D eigenvalue weighted by atomic mass is 32.1. The molecule has 0 unspecified atom stereocenters. The smallest absolute Gasteiger partial charge is 0.225 e. The summed E-state index contributed by atoms with van der Waals surface area (Å²) in [5.74, 6) is 2.14. The number of nitrogens with one attached hydrogen (secondary N) is 2. The van der Waals surface area contributed by atoms with E-state index in [0.29, 0.717) is 17.9 Å². The Morgan fingerprint density at radius 1 is 1.20 bits per heavy atom. The lowest BCUT2D eigenvalue weighted by molar-refractivity contribution is 0.750. The SMILES string of the molecule is CC[C@H](C)Nc1nc(Nc2ccc3sc(C)nc3c2)cc(C2CC2)n1. The second-order valence-corrected chi connectivity index (χ2v) is 8.00. The number of anilines is 3. The molecule has 2 N–H and O–H groups in total. The lowest BCUT2D eigenvalue weighted by atomic mass is 10.2. The molecule has 0 amide bonds. The van der Waals surface area contributed by atoms with Crippen LogP contribution in [0, 0.1) is 6.92 Å². The molecule has 0 radical (unpaired) electrons. The summed E-state index contributed by atoms with van der Waals surface area (Å²) < 4.78 is 1.21. The van der Waals surface area contributed by atoms with Gasteiger partial charge in [0.15, 0.2) is 0 Å². The molecule has 6 heteroatoms. The number of hydrogen-bond donors (Lipinski definition) is 2. The minimum absolute atomic E-state index is 0.358. The summed E-state index contributed by atoms with van der Waals surface area (Å²) in [5, 5.41) is 7.92. The van der Waals surface area contributed by atoms with E-state index in [1.165, 1.54) is 17.5 Å². The third-order valence-electron chi connectivity index (χ3n) is 4.50. The fourth-order valence-corrected chi connectivity index (χ4v) is 3.58. The predicted octanol–water partition coefficient (Wildman–Crippen LogP) is 5.23. The Kier molecular flexibility index (Phi) is 4.29. The minimum Gasteiger partial charge on any atom is -0.352 e. The molecule has 0 aliphatic heterocycles. The maximum absolute atomic E-state index is 4.71. The van der Waals surface area contributed by atoms with Crippen LogP contribution >= 0.6 is 11.3 Å². The first-order valence-electron chi connectivity index (χ1n) is 8.90. The monoisotopic (exact) mass is 353 g/mol. The van der Waals surface area contributed by atoms with E-state index >= 15 is 0 Å². The summed E-state index contributed by atoms with van der Waals surface area (Å²) in [6.07, 6.45) is 3.49. The van der Waals surface area contributed by atoms with Crippen molar-refractivity contribution < 1.29 is 0 Å². The van der Waals surface area contributed by atoms with Gasteiger partial charge in [-0.2, -0.15) is 4.98 Å². The van der Waals surface area contributed by atoms with Gasteiger partial charge in [-0.15, -0.1) is 11.3 Å². The number of fused-ring (bicyclic) bond motifs is 1. The topological polar surface area (TPSA) is 62.7 Å². The van der Waals surface area contributed by atoms with E-state index in [9.17, 15) is 0 Å². The molecule has 1 atom stereocenters. The van der Waals surface area contributed by atoms with E-state index in [1.54, 1.807) is 11.3 Å². The molecule has 3 aromatic rings. The minimum atomic E-state index is 0.358. The Morgan fingerprint density at radius 3 is 2.80 bits per heavy atom. The van der Waals surface area contributed by atoms with E-state index in [2.05, 4.69) is 58.7 Å². The normalized spacial score (nSPS) is 15.3. The molecule has 130 valence electrons. The van der Waals surface area contributed by atoms with Crippen molar-refractivity contribution in [2.75, 3.05) is 10.6 Å². The van der Waals surface area contributed by atoms with Crippen molar-refractivity contribution in [2.24, 2.45) is 0 Å². The molecule has 1 aliphatic rings. The molecule has 0 bridgehead atoms. The number of rotatable bonds is 6. The molecule has 1 aromatic carbocycles. The highest BCUT2D eigenvalue weighted by Gasteiger charge is 2.26. The summed E-state index contributed by atoms with van der Waals surface area (Å²) in [4.78, 5) is 13.9. The summed E-state index contributed by atoms with van der Waals surface area (Å²) >= 11 is 1.72. The van der Waals surface area contributed by atoms with E-state index < -0.39 is 0 Å². The Morgan fingerprint density at radius 2 is 2.04 bits per heavy atom. The van der Waals surface area contributed by atoms with Gasteiger partial charge in [0.25, 0.3) is 0 Å². The zero-order chi connectivity index (χ0) is 17.4. The summed E-state index contributed by atoms with van der Waals surface area (Å²) in [6, 6.07) is 8.72. The van der Waals surface area contributed by atoms with Crippen LogP contribution in [0.4, 0.5) is 17.5 Å². The van der Waals surface area contributed by atoms with Gasteiger partial charge in [-0.05, 0) is 51.3 Å². The second kappa shape index (κ2) is 6.59. The lowest BCUT2D eigenvalue weighted by Gasteiger charge is -2.14. The van der Waals surface area contributed by atoms with Gasteiger partial charge in [0.05, 0.1) is 20.9 Å². The van der Waals surface area contributed by atoms with Crippen LogP contribution in [0.25, 0.3) is 10.2 Å². The van der Waals surface area contributed by atoms with E-state index in [-0.39, 0.29) is 0 Å². The first kappa shape index (κ1) is 16.3. The second-order valence-electron chi connectivity index (χ2n) is 6.77. The third kappa shape index (κ3) is 3.74. The number of nitrogens with zero attached hydrogens (tertiary/aromatic N) is 3. The van der Waals surface area contributed by atoms with Crippen molar-refractivity contribution in [3.63, 3.8) is 0 Å². The predicted molar refractivity (Wildman–Crippen MR) is 105 cm³/mol. The van der Waals surface area contributed by atoms with Crippen molar-refractivity contribution >= 4 is 39.0 Å². The molecule has 4 rings (SSSR count). The summed E-state index contributed by atoms with van der Waals surface area (Å²) in [7, 11) is 0. The Bertz CT molecular complexity index is 900. The van der Waals surface area contributed by atoms with Crippen molar-refractivity contribution in [3.05, 3.63) is 35.0 Å². The largest absolute Gasteiger partial charge is 0.352 e. The summed E-state index contributed by atoms with van der Waals surface area (Å²) in [6.45, 7) is 6.35. The highest BCUT2D eigenvalue weighted by Crippen LogP contribution is 2.40. The van der Waals surface area contributed by atoms with Crippen LogP contribution in [0.3, 0.4) is 0 Å². The first-order valence-corrected chi connectivity index (χ1v) is 9.72. The molecular formula is C19H23N5S. The molecule has 0 saturated heterocycles. The van der Waals surface area contributed by atoms with Crippen molar-refractivity contribution in [1.29, 1.82) is 0 Å². The number of aromatic nitrogens is 3. The van der Waals surface area contributed by atoms with Gasteiger partial charge in [-0.1, -0.05) is 6.92 Å². The molecule has 25 heavy (non-hydrogen) atoms. The van der Waals surface area contributed by atoms with Crippen molar-refractivity contribution in [1.82, 2.24) is 15.0 Å². The Labute approximate surface area is 151 Å².